The molecule has 35 heavy (non-hydrogen) atoms. The maximum atomic E-state index is 14.1. The third-order valence-electron chi connectivity index (χ3n) is 8.60. The van der Waals surface area contributed by atoms with E-state index >= 15 is 0 Å². The fourth-order valence-electron chi connectivity index (χ4n) is 6.55. The second kappa shape index (κ2) is 11.8. The van der Waals surface area contributed by atoms with Gasteiger partial charge in [0.05, 0.1) is 0 Å². The molecule has 2 aromatic rings. The van der Waals surface area contributed by atoms with Gasteiger partial charge in [0.25, 0.3) is 0 Å². The quantitative estimate of drug-likeness (QED) is 0.225. The Morgan fingerprint density at radius 1 is 0.743 bits per heavy atom. The van der Waals surface area contributed by atoms with Crippen LogP contribution in [0.4, 0.5) is 17.6 Å². The van der Waals surface area contributed by atoms with Gasteiger partial charge in [0.2, 0.25) is 0 Å². The van der Waals surface area contributed by atoms with E-state index in [1.807, 2.05) is 40.2 Å². The predicted octanol–water partition coefficient (Wildman–Crippen LogP) is 10.4. The summed E-state index contributed by atoms with van der Waals surface area (Å²) in [6, 6.07) is 9.55. The van der Waals surface area contributed by atoms with E-state index in [0.717, 1.165) is 42.2 Å². The second-order valence-electron chi connectivity index (χ2n) is 10.9. The highest BCUT2D eigenvalue weighted by atomic mass is 79.9. The minimum Gasteiger partial charge on any atom is -0.206 e. The van der Waals surface area contributed by atoms with Crippen LogP contribution in [0.3, 0.4) is 0 Å². The molecule has 5 heteroatoms. The van der Waals surface area contributed by atoms with Crippen LogP contribution in [0.15, 0.2) is 36.4 Å². The van der Waals surface area contributed by atoms with Gasteiger partial charge in [0.1, 0.15) is 17.2 Å². The molecule has 0 aliphatic heterocycles. The van der Waals surface area contributed by atoms with Gasteiger partial charge in [-0.25, -0.2) is 8.78 Å². The highest BCUT2D eigenvalue weighted by Gasteiger charge is 2.35. The molecule has 0 aromatic heterocycles. The monoisotopic (exact) mass is 552 g/mol. The van der Waals surface area contributed by atoms with Crippen molar-refractivity contribution >= 4 is 15.9 Å². The molecule has 192 valence electrons. The molecule has 2 aliphatic carbocycles. The summed E-state index contributed by atoms with van der Waals surface area (Å²) in [5.41, 5.74) is 0.825. The molecule has 2 saturated carbocycles. The third-order valence-corrected chi connectivity index (χ3v) is 9.00. The van der Waals surface area contributed by atoms with Crippen molar-refractivity contribution in [2.24, 2.45) is 23.7 Å². The van der Waals surface area contributed by atoms with Gasteiger partial charge in [-0.1, -0.05) is 69.7 Å². The molecule has 0 saturated heterocycles. The lowest BCUT2D eigenvalue weighted by molar-refractivity contribution is 0.105. The summed E-state index contributed by atoms with van der Waals surface area (Å²) < 4.78 is 55.1. The summed E-state index contributed by atoms with van der Waals surface area (Å²) in [6.45, 7) is 2.30. The van der Waals surface area contributed by atoms with Crippen LogP contribution >= 0.6 is 15.9 Å². The van der Waals surface area contributed by atoms with Crippen LogP contribution < -0.4 is 0 Å². The van der Waals surface area contributed by atoms with Gasteiger partial charge < -0.3 is 0 Å². The van der Waals surface area contributed by atoms with E-state index < -0.39 is 22.0 Å². The number of hydrogen-bond acceptors (Lipinski definition) is 0. The largest absolute Gasteiger partial charge is 0.332 e. The number of hydrogen-bond donors (Lipinski definition) is 0. The average Bonchev–Trinajstić information content (AvgIpc) is 2.83. The lowest BCUT2D eigenvalue weighted by atomic mass is 9.68. The SMILES string of the molecule is CCCC1CCC(C2CCC(CCc3ccc(-c4cc(F)c(C(F)(F)Br)c(F)c4)cc3)CC2)CC1. The molecular weight excluding hydrogens is 516 g/mol. The van der Waals surface area contributed by atoms with Gasteiger partial charge in [0, 0.05) is 0 Å². The minimum absolute atomic E-state index is 0.258. The molecular formula is C30H37BrF4. The first-order valence-electron chi connectivity index (χ1n) is 13.4. The molecule has 0 radical (unpaired) electrons. The zero-order valence-electron chi connectivity index (χ0n) is 20.6. The maximum absolute atomic E-state index is 14.1. The first-order chi connectivity index (χ1) is 16.7. The molecule has 2 aliphatic rings. The van der Waals surface area contributed by atoms with Gasteiger partial charge in [-0.15, -0.1) is 0 Å². The van der Waals surface area contributed by atoms with Crippen LogP contribution in [-0.2, 0) is 11.3 Å². The Balaban J connectivity index is 1.25. The van der Waals surface area contributed by atoms with Gasteiger partial charge in [-0.3, -0.25) is 0 Å². The molecule has 0 atom stereocenters. The Kier molecular flexibility index (Phi) is 8.99. The van der Waals surface area contributed by atoms with Crippen molar-refractivity contribution in [3.05, 3.63) is 59.2 Å². The van der Waals surface area contributed by atoms with Crippen molar-refractivity contribution in [2.45, 2.75) is 88.8 Å². The number of alkyl halides is 3. The van der Waals surface area contributed by atoms with Crippen molar-refractivity contribution in [1.82, 2.24) is 0 Å². The van der Waals surface area contributed by atoms with E-state index in [1.165, 1.54) is 76.2 Å². The number of halogens is 5. The Labute approximate surface area is 216 Å². The third kappa shape index (κ3) is 6.90. The predicted molar refractivity (Wildman–Crippen MR) is 139 cm³/mol. The number of aryl methyl sites for hydroxylation is 1. The first-order valence-corrected chi connectivity index (χ1v) is 14.2. The van der Waals surface area contributed by atoms with E-state index in [2.05, 4.69) is 6.92 Å². The number of rotatable bonds is 8. The average molecular weight is 554 g/mol. The lowest BCUT2D eigenvalue weighted by Gasteiger charge is -2.38. The molecule has 0 nitrogen and oxygen atoms in total. The van der Waals surface area contributed by atoms with Crippen LogP contribution in [0.5, 0.6) is 0 Å². The van der Waals surface area contributed by atoms with Gasteiger partial charge in [-0.05, 0) is 107 Å². The van der Waals surface area contributed by atoms with Crippen molar-refractivity contribution in [3.8, 4) is 11.1 Å². The van der Waals surface area contributed by atoms with E-state index in [9.17, 15) is 17.6 Å². The summed E-state index contributed by atoms with van der Waals surface area (Å²) in [4.78, 5) is -3.74. The smallest absolute Gasteiger partial charge is 0.206 e. The maximum Gasteiger partial charge on any atom is 0.332 e. The van der Waals surface area contributed by atoms with E-state index in [-0.39, 0.29) is 5.56 Å². The fourth-order valence-corrected chi connectivity index (χ4v) is 6.93. The Hall–Kier alpha value is -1.36. The molecule has 0 bridgehead atoms. The van der Waals surface area contributed by atoms with Gasteiger partial charge in [-0.2, -0.15) is 8.78 Å². The van der Waals surface area contributed by atoms with E-state index in [0.29, 0.717) is 5.56 Å². The zero-order valence-corrected chi connectivity index (χ0v) is 22.2. The van der Waals surface area contributed by atoms with Crippen molar-refractivity contribution in [3.63, 3.8) is 0 Å². The minimum atomic E-state index is -3.74. The number of benzene rings is 2. The van der Waals surface area contributed by atoms with E-state index in [1.54, 1.807) is 0 Å². The Bertz CT molecular complexity index is 926. The van der Waals surface area contributed by atoms with Gasteiger partial charge in [0.15, 0.2) is 0 Å². The molecule has 0 heterocycles. The summed E-state index contributed by atoms with van der Waals surface area (Å²) in [6.07, 6.45) is 16.1. The van der Waals surface area contributed by atoms with Crippen LogP contribution in [0.25, 0.3) is 11.1 Å². The highest BCUT2D eigenvalue weighted by Crippen LogP contribution is 2.43. The van der Waals surface area contributed by atoms with Crippen molar-refractivity contribution < 1.29 is 17.6 Å². The van der Waals surface area contributed by atoms with Crippen molar-refractivity contribution in [2.75, 3.05) is 0 Å². The standard InChI is InChI=1S/C30H37BrF4/c1-2-3-20-6-12-23(13-7-20)24-14-8-21(9-15-24)4-5-22-10-16-25(17-11-22)26-18-27(32)29(28(33)19-26)30(31,34)35/h10-11,16-21,23-24H,2-9,12-15H2,1H3. The van der Waals surface area contributed by atoms with Gasteiger partial charge >= 0.3 is 4.83 Å². The molecule has 0 unspecified atom stereocenters. The van der Waals surface area contributed by atoms with Crippen LogP contribution in [0, 0.1) is 35.3 Å². The van der Waals surface area contributed by atoms with E-state index in [4.69, 9.17) is 0 Å². The molecule has 0 spiro atoms. The molecule has 2 fully saturated rings. The normalized spacial score (nSPS) is 25.5. The lowest BCUT2D eigenvalue weighted by Crippen LogP contribution is -2.26. The second-order valence-corrected chi connectivity index (χ2v) is 11.9. The topological polar surface area (TPSA) is 0 Å². The fraction of sp³-hybridized carbons (Fsp3) is 0.600. The summed E-state index contributed by atoms with van der Waals surface area (Å²) in [7, 11) is 0. The van der Waals surface area contributed by atoms with Crippen LogP contribution in [0.2, 0.25) is 0 Å². The summed E-state index contributed by atoms with van der Waals surface area (Å²) >= 11 is 2.05. The zero-order chi connectivity index (χ0) is 25.0. The molecule has 0 N–H and O–H groups in total. The Morgan fingerprint density at radius 2 is 1.23 bits per heavy atom. The summed E-state index contributed by atoms with van der Waals surface area (Å²) in [5.74, 6) is 1.15. The highest BCUT2D eigenvalue weighted by molar-refractivity contribution is 9.09. The molecule has 4 rings (SSSR count). The van der Waals surface area contributed by atoms with Crippen molar-refractivity contribution in [1.29, 1.82) is 0 Å². The Morgan fingerprint density at radius 3 is 1.69 bits per heavy atom. The summed E-state index contributed by atoms with van der Waals surface area (Å²) in [5, 5.41) is 0. The first kappa shape index (κ1) is 26.7. The van der Waals surface area contributed by atoms with Crippen LogP contribution in [-0.4, -0.2) is 0 Å². The molecule has 2 aromatic carbocycles. The van der Waals surface area contributed by atoms with Crippen LogP contribution in [0.1, 0.15) is 88.7 Å². The molecule has 0 amide bonds.